The molecule has 1 aliphatic rings. The van der Waals surface area contributed by atoms with Gasteiger partial charge in [0.25, 0.3) is 0 Å². The third-order valence-corrected chi connectivity index (χ3v) is 6.84. The number of hydrogen-bond donors (Lipinski definition) is 3. The Morgan fingerprint density at radius 3 is 2.49 bits per heavy atom. The van der Waals surface area contributed by atoms with Gasteiger partial charge in [0.15, 0.2) is 5.82 Å². The zero-order valence-electron chi connectivity index (χ0n) is 21.7. The molecule has 0 bridgehead atoms. The monoisotopic (exact) mass is 548 g/mol. The summed E-state index contributed by atoms with van der Waals surface area (Å²) in [6.07, 6.45) is 4.72. The van der Waals surface area contributed by atoms with Crippen LogP contribution in [0.25, 0.3) is 22.2 Å². The Kier molecular flexibility index (Phi) is 9.48. The van der Waals surface area contributed by atoms with Gasteiger partial charge >= 0.3 is 0 Å². The number of anilines is 2. The highest BCUT2D eigenvalue weighted by Crippen LogP contribution is 2.46. The largest absolute Gasteiger partial charge is 0.495 e. The summed E-state index contributed by atoms with van der Waals surface area (Å²) in [5.74, 6) is 2.05. The maximum atomic E-state index is 6.70. The summed E-state index contributed by atoms with van der Waals surface area (Å²) in [6, 6.07) is 4.14. The average Bonchev–Trinajstić information content (AvgIpc) is 2.89. The van der Waals surface area contributed by atoms with Crippen molar-refractivity contribution in [2.24, 2.45) is 0 Å². The minimum Gasteiger partial charge on any atom is -0.495 e. The van der Waals surface area contributed by atoms with Gasteiger partial charge in [-0.2, -0.15) is 0 Å². The minimum atomic E-state index is 0.179. The summed E-state index contributed by atoms with van der Waals surface area (Å²) in [5.41, 5.74) is 1.79. The highest BCUT2D eigenvalue weighted by atomic mass is 35.5. The number of nitrogens with zero attached hydrogens (tertiary/aromatic N) is 3. The molecule has 0 saturated carbocycles. The van der Waals surface area contributed by atoms with E-state index in [2.05, 4.69) is 34.8 Å². The molecule has 3 aromatic rings. The summed E-state index contributed by atoms with van der Waals surface area (Å²) in [5, 5.41) is 11.8. The summed E-state index contributed by atoms with van der Waals surface area (Å²) in [6.45, 7) is 7.29. The Bertz CT molecular complexity index is 1190. The molecule has 0 spiro atoms. The van der Waals surface area contributed by atoms with Crippen molar-refractivity contribution < 1.29 is 14.2 Å². The SMILES string of the molecule is COc1cc(OC)c(Cl)c(-c2cc3cnc(NC4CCCOC4)nc3c(NCCCNC(C)C)n2)c1Cl. The lowest BCUT2D eigenvalue weighted by Crippen LogP contribution is -2.30. The van der Waals surface area contributed by atoms with Crippen LogP contribution in [0.2, 0.25) is 10.0 Å². The molecule has 11 heteroatoms. The number of ether oxygens (including phenoxy) is 3. The zero-order valence-corrected chi connectivity index (χ0v) is 23.2. The average molecular weight is 550 g/mol. The Labute approximate surface area is 227 Å². The van der Waals surface area contributed by atoms with Crippen molar-refractivity contribution in [3.05, 3.63) is 28.4 Å². The van der Waals surface area contributed by atoms with Crippen LogP contribution in [-0.4, -0.2) is 67.6 Å². The Hall–Kier alpha value is -2.59. The first kappa shape index (κ1) is 27.4. The standard InChI is InChI=1S/C26H34Cl2N6O3/c1-15(2)29-8-6-9-30-25-24-16(13-31-26(34-24)32-17-7-5-10-37-14-17)11-18(33-25)21-22(27)19(35-3)12-20(36-4)23(21)28/h11-13,15,17,29H,5-10,14H2,1-4H3,(H,30,33)(H,31,32,34). The van der Waals surface area contributed by atoms with E-state index in [0.29, 0.717) is 69.3 Å². The third kappa shape index (κ3) is 6.65. The lowest BCUT2D eigenvalue weighted by atomic mass is 10.1. The Balaban J connectivity index is 1.74. The molecule has 9 nitrogen and oxygen atoms in total. The second-order valence-corrected chi connectivity index (χ2v) is 9.98. The van der Waals surface area contributed by atoms with Gasteiger partial charge in [-0.05, 0) is 31.9 Å². The van der Waals surface area contributed by atoms with Crippen LogP contribution in [0.3, 0.4) is 0 Å². The summed E-state index contributed by atoms with van der Waals surface area (Å²) < 4.78 is 16.5. The van der Waals surface area contributed by atoms with Crippen molar-refractivity contribution in [3.63, 3.8) is 0 Å². The number of fused-ring (bicyclic) bond motifs is 1. The molecule has 0 amide bonds. The molecule has 1 saturated heterocycles. The molecule has 1 fully saturated rings. The maximum absolute atomic E-state index is 6.70. The smallest absolute Gasteiger partial charge is 0.223 e. The Morgan fingerprint density at radius 1 is 1.08 bits per heavy atom. The third-order valence-electron chi connectivity index (χ3n) is 6.09. The molecule has 0 aliphatic carbocycles. The summed E-state index contributed by atoms with van der Waals surface area (Å²) in [4.78, 5) is 14.3. The van der Waals surface area contributed by atoms with Gasteiger partial charge in [0, 0.05) is 42.4 Å². The molecule has 2 aromatic heterocycles. The van der Waals surface area contributed by atoms with Gasteiger partial charge in [-0.15, -0.1) is 0 Å². The predicted octanol–water partition coefficient (Wildman–Crippen LogP) is 5.41. The molecule has 1 aromatic carbocycles. The number of pyridine rings is 1. The van der Waals surface area contributed by atoms with Crippen molar-refractivity contribution >= 4 is 45.9 Å². The number of rotatable bonds is 11. The van der Waals surface area contributed by atoms with Crippen molar-refractivity contribution in [2.75, 3.05) is 51.2 Å². The molecule has 37 heavy (non-hydrogen) atoms. The topological polar surface area (TPSA) is 102 Å². The number of hydrogen-bond acceptors (Lipinski definition) is 9. The van der Waals surface area contributed by atoms with Crippen LogP contribution in [0.15, 0.2) is 18.3 Å². The highest BCUT2D eigenvalue weighted by Gasteiger charge is 2.22. The quantitative estimate of drug-likeness (QED) is 0.271. The fourth-order valence-electron chi connectivity index (χ4n) is 4.19. The zero-order chi connectivity index (χ0) is 26.4. The normalized spacial score (nSPS) is 15.7. The van der Waals surface area contributed by atoms with E-state index in [9.17, 15) is 0 Å². The van der Waals surface area contributed by atoms with E-state index in [0.717, 1.165) is 37.8 Å². The van der Waals surface area contributed by atoms with Crippen molar-refractivity contribution in [1.29, 1.82) is 0 Å². The van der Waals surface area contributed by atoms with Crippen molar-refractivity contribution in [2.45, 2.75) is 45.2 Å². The van der Waals surface area contributed by atoms with Crippen LogP contribution in [-0.2, 0) is 4.74 Å². The first-order chi connectivity index (χ1) is 17.9. The second kappa shape index (κ2) is 12.8. The van der Waals surface area contributed by atoms with Gasteiger partial charge in [-0.3, -0.25) is 0 Å². The molecule has 1 aliphatic heterocycles. The van der Waals surface area contributed by atoms with E-state index < -0.39 is 0 Å². The van der Waals surface area contributed by atoms with Crippen LogP contribution in [0.4, 0.5) is 11.8 Å². The van der Waals surface area contributed by atoms with Crippen molar-refractivity contribution in [1.82, 2.24) is 20.3 Å². The number of aromatic nitrogens is 3. The van der Waals surface area contributed by atoms with Crippen LogP contribution in [0, 0.1) is 0 Å². The molecule has 3 N–H and O–H groups in total. The van der Waals surface area contributed by atoms with Gasteiger partial charge in [-0.25, -0.2) is 15.0 Å². The number of methoxy groups -OCH3 is 2. The number of nitrogens with one attached hydrogen (secondary N) is 3. The lowest BCUT2D eigenvalue weighted by molar-refractivity contribution is 0.0874. The van der Waals surface area contributed by atoms with Gasteiger partial charge < -0.3 is 30.2 Å². The van der Waals surface area contributed by atoms with E-state index in [1.54, 1.807) is 26.5 Å². The minimum absolute atomic E-state index is 0.179. The van der Waals surface area contributed by atoms with Crippen LogP contribution < -0.4 is 25.4 Å². The molecular formula is C26H34Cl2N6O3. The maximum Gasteiger partial charge on any atom is 0.223 e. The number of halogens is 2. The molecule has 0 radical (unpaired) electrons. The van der Waals surface area contributed by atoms with E-state index in [4.69, 9.17) is 47.4 Å². The molecular weight excluding hydrogens is 515 g/mol. The Morgan fingerprint density at radius 2 is 1.84 bits per heavy atom. The fourth-order valence-corrected chi connectivity index (χ4v) is 4.89. The van der Waals surface area contributed by atoms with Gasteiger partial charge in [0.1, 0.15) is 17.0 Å². The number of benzene rings is 1. The first-order valence-electron chi connectivity index (χ1n) is 12.5. The molecule has 3 heterocycles. The van der Waals surface area contributed by atoms with E-state index in [1.807, 2.05) is 6.07 Å². The predicted molar refractivity (Wildman–Crippen MR) is 150 cm³/mol. The van der Waals surface area contributed by atoms with Gasteiger partial charge in [0.05, 0.1) is 42.6 Å². The molecule has 200 valence electrons. The molecule has 1 atom stereocenters. The van der Waals surface area contributed by atoms with Gasteiger partial charge in [-0.1, -0.05) is 37.0 Å². The molecule has 4 rings (SSSR count). The van der Waals surface area contributed by atoms with Crippen molar-refractivity contribution in [3.8, 4) is 22.8 Å². The van der Waals surface area contributed by atoms with E-state index in [-0.39, 0.29) is 6.04 Å². The van der Waals surface area contributed by atoms with E-state index >= 15 is 0 Å². The fraction of sp³-hybridized carbons (Fsp3) is 0.500. The lowest BCUT2D eigenvalue weighted by Gasteiger charge is -2.23. The summed E-state index contributed by atoms with van der Waals surface area (Å²) in [7, 11) is 3.09. The first-order valence-corrected chi connectivity index (χ1v) is 13.3. The second-order valence-electron chi connectivity index (χ2n) is 9.22. The van der Waals surface area contributed by atoms with Crippen LogP contribution in [0.1, 0.15) is 33.1 Å². The highest BCUT2D eigenvalue weighted by molar-refractivity contribution is 6.41. The molecule has 1 unspecified atom stereocenters. The summed E-state index contributed by atoms with van der Waals surface area (Å²) >= 11 is 13.4. The van der Waals surface area contributed by atoms with E-state index in [1.165, 1.54) is 0 Å². The van der Waals surface area contributed by atoms with Crippen LogP contribution >= 0.6 is 23.2 Å². The van der Waals surface area contributed by atoms with Gasteiger partial charge in [0.2, 0.25) is 5.95 Å². The van der Waals surface area contributed by atoms with Crippen LogP contribution in [0.5, 0.6) is 11.5 Å².